The van der Waals surface area contributed by atoms with Crippen LogP contribution in [0.2, 0.25) is 0 Å². The molecule has 0 atom stereocenters. The molecule has 0 fully saturated rings. The van der Waals surface area contributed by atoms with Gasteiger partial charge in [-0.1, -0.05) is 35.9 Å². The number of para-hydroxylation sites is 1. The molecule has 0 aliphatic rings. The van der Waals surface area contributed by atoms with Crippen LogP contribution in [0.4, 0.5) is 5.69 Å². The van der Waals surface area contributed by atoms with E-state index >= 15 is 0 Å². The van der Waals surface area contributed by atoms with Crippen LogP contribution in [0.3, 0.4) is 0 Å². The molecule has 3 nitrogen and oxygen atoms in total. The maximum Gasteiger partial charge on any atom is 0.141 e. The molecule has 3 aromatic rings. The number of rotatable bonds is 2. The summed E-state index contributed by atoms with van der Waals surface area (Å²) in [6.45, 7) is 6.21. The van der Waals surface area contributed by atoms with E-state index in [9.17, 15) is 5.11 Å². The van der Waals surface area contributed by atoms with Gasteiger partial charge in [0.15, 0.2) is 0 Å². The first-order chi connectivity index (χ1) is 10.5. The van der Waals surface area contributed by atoms with E-state index in [1.54, 1.807) is 12.3 Å². The normalized spacial score (nSPS) is 11.4. The van der Waals surface area contributed by atoms with E-state index in [0.717, 1.165) is 27.9 Å². The molecule has 2 aromatic carbocycles. The molecule has 3 rings (SSSR count). The van der Waals surface area contributed by atoms with E-state index in [4.69, 9.17) is 0 Å². The van der Waals surface area contributed by atoms with Crippen LogP contribution in [0.5, 0.6) is 5.75 Å². The zero-order valence-corrected chi connectivity index (χ0v) is 13.0. The summed E-state index contributed by atoms with van der Waals surface area (Å²) in [7, 11) is 0. The predicted octanol–water partition coefficient (Wildman–Crippen LogP) is 4.62. The number of aromatic nitrogens is 1. The fraction of sp³-hybridized carbons (Fsp3) is 0.158. The molecule has 1 aromatic heterocycles. The summed E-state index contributed by atoms with van der Waals surface area (Å²) in [5.41, 5.74) is 5.85. The average molecular weight is 290 g/mol. The third-order valence-electron chi connectivity index (χ3n) is 3.68. The van der Waals surface area contributed by atoms with Crippen molar-refractivity contribution in [2.24, 2.45) is 4.99 Å². The highest BCUT2D eigenvalue weighted by atomic mass is 16.3. The summed E-state index contributed by atoms with van der Waals surface area (Å²) in [6, 6.07) is 13.5. The van der Waals surface area contributed by atoms with Crippen molar-refractivity contribution >= 4 is 22.8 Å². The average Bonchev–Trinajstić information content (AvgIpc) is 2.47. The standard InChI is InChI=1S/C19H18N2O/c1-12-9-13(2)18(14(3)10-12)20-11-16-8-7-15-5-4-6-17(22)19(15)21-16/h4-11,22H,1-3H3/b20-11+. The van der Waals surface area contributed by atoms with Gasteiger partial charge in [0.2, 0.25) is 0 Å². The second-order valence-corrected chi connectivity index (χ2v) is 5.59. The van der Waals surface area contributed by atoms with Crippen molar-refractivity contribution in [3.8, 4) is 5.75 Å². The monoisotopic (exact) mass is 290 g/mol. The largest absolute Gasteiger partial charge is 0.506 e. The van der Waals surface area contributed by atoms with E-state index in [-0.39, 0.29) is 5.75 Å². The van der Waals surface area contributed by atoms with Crippen molar-refractivity contribution in [1.29, 1.82) is 0 Å². The van der Waals surface area contributed by atoms with Crippen LogP contribution in [0.15, 0.2) is 47.5 Å². The van der Waals surface area contributed by atoms with Gasteiger partial charge in [-0.3, -0.25) is 4.99 Å². The van der Waals surface area contributed by atoms with Crippen molar-refractivity contribution in [2.45, 2.75) is 20.8 Å². The van der Waals surface area contributed by atoms with Crippen LogP contribution in [0.1, 0.15) is 22.4 Å². The SMILES string of the molecule is Cc1cc(C)c(/N=C/c2ccc3cccc(O)c3n2)c(C)c1. The van der Waals surface area contributed by atoms with Gasteiger partial charge in [0.25, 0.3) is 0 Å². The molecule has 0 spiro atoms. The van der Waals surface area contributed by atoms with Crippen molar-refractivity contribution in [3.05, 3.63) is 64.8 Å². The molecule has 0 amide bonds. The predicted molar refractivity (Wildman–Crippen MR) is 91.3 cm³/mol. The minimum Gasteiger partial charge on any atom is -0.506 e. The molecule has 0 saturated heterocycles. The topological polar surface area (TPSA) is 45.5 Å². The third-order valence-corrected chi connectivity index (χ3v) is 3.68. The lowest BCUT2D eigenvalue weighted by atomic mass is 10.1. The summed E-state index contributed by atoms with van der Waals surface area (Å²) in [4.78, 5) is 9.05. The Morgan fingerprint density at radius 3 is 2.45 bits per heavy atom. The van der Waals surface area contributed by atoms with Gasteiger partial charge in [-0.15, -0.1) is 0 Å². The van der Waals surface area contributed by atoms with E-state index in [1.807, 2.05) is 24.3 Å². The first-order valence-corrected chi connectivity index (χ1v) is 7.25. The lowest BCUT2D eigenvalue weighted by Crippen LogP contribution is -1.90. The molecule has 110 valence electrons. The van der Waals surface area contributed by atoms with Gasteiger partial charge in [-0.25, -0.2) is 4.98 Å². The highest BCUT2D eigenvalue weighted by Crippen LogP contribution is 2.25. The summed E-state index contributed by atoms with van der Waals surface area (Å²) in [5, 5.41) is 10.8. The molecule has 0 aliphatic carbocycles. The molecule has 1 heterocycles. The lowest BCUT2D eigenvalue weighted by molar-refractivity contribution is 0.480. The van der Waals surface area contributed by atoms with Crippen LogP contribution in [-0.2, 0) is 0 Å². The Hall–Kier alpha value is -2.68. The minimum atomic E-state index is 0.190. The Kier molecular flexibility index (Phi) is 3.63. The van der Waals surface area contributed by atoms with Gasteiger partial charge in [-0.2, -0.15) is 0 Å². The molecular formula is C19H18N2O. The first kappa shape index (κ1) is 14.3. The first-order valence-electron chi connectivity index (χ1n) is 7.25. The van der Waals surface area contributed by atoms with E-state index in [2.05, 4.69) is 42.9 Å². The third kappa shape index (κ3) is 2.70. The highest BCUT2D eigenvalue weighted by molar-refractivity contribution is 5.89. The number of phenolic OH excluding ortho intramolecular Hbond substituents is 1. The number of aromatic hydroxyl groups is 1. The van der Waals surface area contributed by atoms with Crippen LogP contribution in [0, 0.1) is 20.8 Å². The van der Waals surface area contributed by atoms with Gasteiger partial charge in [-0.05, 0) is 44.0 Å². The fourth-order valence-electron chi connectivity index (χ4n) is 2.73. The molecule has 0 radical (unpaired) electrons. The van der Waals surface area contributed by atoms with Gasteiger partial charge < -0.3 is 5.11 Å². The quantitative estimate of drug-likeness (QED) is 0.700. The molecule has 0 aliphatic heterocycles. The number of benzene rings is 2. The minimum absolute atomic E-state index is 0.190. The highest BCUT2D eigenvalue weighted by Gasteiger charge is 2.03. The Labute approximate surface area is 130 Å². The molecule has 0 saturated carbocycles. The van der Waals surface area contributed by atoms with Crippen LogP contribution in [0.25, 0.3) is 10.9 Å². The number of aryl methyl sites for hydroxylation is 3. The van der Waals surface area contributed by atoms with Crippen LogP contribution >= 0.6 is 0 Å². The molecule has 1 N–H and O–H groups in total. The molecule has 0 bridgehead atoms. The van der Waals surface area contributed by atoms with Crippen molar-refractivity contribution in [2.75, 3.05) is 0 Å². The number of hydrogen-bond donors (Lipinski definition) is 1. The Morgan fingerprint density at radius 1 is 1.00 bits per heavy atom. The maximum atomic E-state index is 9.89. The van der Waals surface area contributed by atoms with Crippen molar-refractivity contribution < 1.29 is 5.11 Å². The van der Waals surface area contributed by atoms with E-state index < -0.39 is 0 Å². The van der Waals surface area contributed by atoms with Crippen molar-refractivity contribution in [3.63, 3.8) is 0 Å². The summed E-state index contributed by atoms with van der Waals surface area (Å²) in [6.07, 6.45) is 1.75. The maximum absolute atomic E-state index is 9.89. The number of hydrogen-bond acceptors (Lipinski definition) is 3. The smallest absolute Gasteiger partial charge is 0.141 e. The summed E-state index contributed by atoms with van der Waals surface area (Å²) in [5.74, 6) is 0.190. The Balaban J connectivity index is 2.01. The van der Waals surface area contributed by atoms with Crippen LogP contribution < -0.4 is 0 Å². The molecule has 22 heavy (non-hydrogen) atoms. The lowest BCUT2D eigenvalue weighted by Gasteiger charge is -2.06. The number of phenols is 1. The molecule has 3 heteroatoms. The second kappa shape index (κ2) is 5.60. The number of nitrogens with zero attached hydrogens (tertiary/aromatic N) is 2. The number of fused-ring (bicyclic) bond motifs is 1. The zero-order valence-electron chi connectivity index (χ0n) is 13.0. The number of aliphatic imine (C=N–C) groups is 1. The molecular weight excluding hydrogens is 272 g/mol. The Bertz CT molecular complexity index is 859. The van der Waals surface area contributed by atoms with Gasteiger partial charge in [0.05, 0.1) is 17.6 Å². The fourth-order valence-corrected chi connectivity index (χ4v) is 2.73. The van der Waals surface area contributed by atoms with Gasteiger partial charge in [0.1, 0.15) is 11.3 Å². The van der Waals surface area contributed by atoms with E-state index in [0.29, 0.717) is 5.52 Å². The summed E-state index contributed by atoms with van der Waals surface area (Å²) < 4.78 is 0. The number of pyridine rings is 1. The zero-order chi connectivity index (χ0) is 15.7. The van der Waals surface area contributed by atoms with E-state index in [1.165, 1.54) is 5.56 Å². The summed E-state index contributed by atoms with van der Waals surface area (Å²) >= 11 is 0. The Morgan fingerprint density at radius 2 is 1.73 bits per heavy atom. The van der Waals surface area contributed by atoms with Gasteiger partial charge >= 0.3 is 0 Å². The second-order valence-electron chi connectivity index (χ2n) is 5.59. The van der Waals surface area contributed by atoms with Gasteiger partial charge in [0, 0.05) is 5.39 Å². The van der Waals surface area contributed by atoms with Crippen molar-refractivity contribution in [1.82, 2.24) is 4.98 Å². The van der Waals surface area contributed by atoms with Crippen LogP contribution in [-0.4, -0.2) is 16.3 Å². The molecule has 0 unspecified atom stereocenters.